The van der Waals surface area contributed by atoms with Gasteiger partial charge >= 0.3 is 0 Å². The molecule has 0 aliphatic carbocycles. The molecule has 3 atom stereocenters. The van der Waals surface area contributed by atoms with Gasteiger partial charge in [0.15, 0.2) is 0 Å². The first kappa shape index (κ1) is 11.8. The summed E-state index contributed by atoms with van der Waals surface area (Å²) in [5, 5.41) is 13.6. The van der Waals surface area contributed by atoms with Crippen molar-refractivity contribution in [1.29, 1.82) is 0 Å². The van der Waals surface area contributed by atoms with Crippen LogP contribution >= 0.6 is 0 Å². The Balaban J connectivity index is 1.82. The Bertz CT molecular complexity index is 626. The van der Waals surface area contributed by atoms with Gasteiger partial charge in [0.1, 0.15) is 5.75 Å². The van der Waals surface area contributed by atoms with E-state index in [2.05, 4.69) is 29.6 Å². The van der Waals surface area contributed by atoms with Crippen molar-refractivity contribution in [1.82, 2.24) is 0 Å². The van der Waals surface area contributed by atoms with E-state index in [-0.39, 0.29) is 12.1 Å². The molecule has 2 aliphatic heterocycles. The highest BCUT2D eigenvalue weighted by Gasteiger charge is 2.42. The van der Waals surface area contributed by atoms with Crippen molar-refractivity contribution in [2.45, 2.75) is 18.6 Å². The van der Waals surface area contributed by atoms with E-state index in [1.165, 1.54) is 5.56 Å². The van der Waals surface area contributed by atoms with E-state index in [0.29, 0.717) is 11.7 Å². The van der Waals surface area contributed by atoms with Crippen LogP contribution in [0.2, 0.25) is 0 Å². The van der Waals surface area contributed by atoms with E-state index in [9.17, 15) is 5.11 Å². The summed E-state index contributed by atoms with van der Waals surface area (Å²) in [6.45, 7) is 0.787. The number of nitrogens with one attached hydrogen (secondary N) is 1. The van der Waals surface area contributed by atoms with E-state index in [1.807, 2.05) is 18.2 Å². The molecule has 2 aliphatic rings. The SMILES string of the molecule is Oc1cccc2c1NC(c1ccccc1)C1CCOC21. The van der Waals surface area contributed by atoms with Crippen LogP contribution < -0.4 is 5.32 Å². The van der Waals surface area contributed by atoms with E-state index in [4.69, 9.17) is 4.74 Å². The van der Waals surface area contributed by atoms with Crippen molar-refractivity contribution in [3.63, 3.8) is 0 Å². The third kappa shape index (κ3) is 1.70. The van der Waals surface area contributed by atoms with Gasteiger partial charge in [0.2, 0.25) is 0 Å². The summed E-state index contributed by atoms with van der Waals surface area (Å²) in [6.07, 6.45) is 1.13. The fourth-order valence-electron chi connectivity index (χ4n) is 3.47. The Morgan fingerprint density at radius 1 is 1.05 bits per heavy atom. The zero-order chi connectivity index (χ0) is 13.5. The fourth-order valence-corrected chi connectivity index (χ4v) is 3.47. The van der Waals surface area contributed by atoms with Crippen LogP contribution in [0.1, 0.15) is 29.7 Å². The number of rotatable bonds is 1. The molecule has 2 aromatic rings. The molecular formula is C17H17NO2. The Kier molecular flexibility index (Phi) is 2.67. The van der Waals surface area contributed by atoms with Crippen LogP contribution in [0.5, 0.6) is 5.75 Å². The molecule has 0 radical (unpaired) electrons. The second-order valence-corrected chi connectivity index (χ2v) is 5.52. The summed E-state index contributed by atoms with van der Waals surface area (Å²) in [6, 6.07) is 16.3. The van der Waals surface area contributed by atoms with Crippen molar-refractivity contribution in [2.24, 2.45) is 5.92 Å². The first-order chi connectivity index (χ1) is 9.84. The van der Waals surface area contributed by atoms with Gasteiger partial charge in [0.05, 0.1) is 17.8 Å². The molecule has 3 heteroatoms. The van der Waals surface area contributed by atoms with Crippen molar-refractivity contribution < 1.29 is 9.84 Å². The minimum absolute atomic E-state index is 0.0866. The van der Waals surface area contributed by atoms with E-state index in [1.54, 1.807) is 6.07 Å². The smallest absolute Gasteiger partial charge is 0.139 e. The van der Waals surface area contributed by atoms with Crippen LogP contribution in [-0.2, 0) is 4.74 Å². The van der Waals surface area contributed by atoms with E-state index < -0.39 is 0 Å². The third-order valence-corrected chi connectivity index (χ3v) is 4.41. The number of para-hydroxylation sites is 1. The van der Waals surface area contributed by atoms with Crippen molar-refractivity contribution in [3.05, 3.63) is 59.7 Å². The molecule has 3 nitrogen and oxygen atoms in total. The maximum absolute atomic E-state index is 10.1. The fraction of sp³-hybridized carbons (Fsp3) is 0.294. The zero-order valence-electron chi connectivity index (χ0n) is 11.1. The third-order valence-electron chi connectivity index (χ3n) is 4.41. The molecular weight excluding hydrogens is 250 g/mol. The molecule has 3 unspecified atom stereocenters. The van der Waals surface area contributed by atoms with Gasteiger partial charge in [-0.25, -0.2) is 0 Å². The topological polar surface area (TPSA) is 41.5 Å². The summed E-state index contributed by atoms with van der Waals surface area (Å²) >= 11 is 0. The van der Waals surface area contributed by atoms with Gasteiger partial charge in [-0.2, -0.15) is 0 Å². The average molecular weight is 267 g/mol. The molecule has 0 saturated carbocycles. The first-order valence-electron chi connectivity index (χ1n) is 7.09. The maximum Gasteiger partial charge on any atom is 0.139 e. The largest absolute Gasteiger partial charge is 0.506 e. The Morgan fingerprint density at radius 3 is 2.75 bits per heavy atom. The van der Waals surface area contributed by atoms with Crippen LogP contribution in [0.3, 0.4) is 0 Å². The molecule has 2 heterocycles. The Hall–Kier alpha value is -2.00. The number of ether oxygens (including phenoxy) is 1. The molecule has 0 spiro atoms. The standard InChI is InChI=1S/C17H17NO2/c19-14-8-4-7-12-16(14)18-15(11-5-2-1-3-6-11)13-9-10-20-17(12)13/h1-8,13,15,17-19H,9-10H2. The quantitative estimate of drug-likeness (QED) is 0.775. The summed E-state index contributed by atoms with van der Waals surface area (Å²) in [4.78, 5) is 0. The van der Waals surface area contributed by atoms with Gasteiger partial charge in [-0.1, -0.05) is 42.5 Å². The van der Waals surface area contributed by atoms with Crippen LogP contribution in [0, 0.1) is 5.92 Å². The second kappa shape index (κ2) is 4.53. The number of aromatic hydroxyl groups is 1. The highest BCUT2D eigenvalue weighted by molar-refractivity contribution is 5.65. The predicted octanol–water partition coefficient (Wildman–Crippen LogP) is 3.64. The maximum atomic E-state index is 10.1. The first-order valence-corrected chi connectivity index (χ1v) is 7.09. The Labute approximate surface area is 118 Å². The normalized spacial score (nSPS) is 27.5. The van der Waals surface area contributed by atoms with Crippen molar-refractivity contribution >= 4 is 5.69 Å². The monoisotopic (exact) mass is 267 g/mol. The summed E-state index contributed by atoms with van der Waals surface area (Å²) < 4.78 is 5.94. The van der Waals surface area contributed by atoms with Crippen LogP contribution in [0.4, 0.5) is 5.69 Å². The lowest BCUT2D eigenvalue weighted by molar-refractivity contribution is 0.0826. The molecule has 1 fully saturated rings. The molecule has 1 saturated heterocycles. The number of phenolic OH excluding ortho intramolecular Hbond substituents is 1. The number of fused-ring (bicyclic) bond motifs is 3. The summed E-state index contributed by atoms with van der Waals surface area (Å²) in [5.41, 5.74) is 3.16. The van der Waals surface area contributed by atoms with Gasteiger partial charge < -0.3 is 15.2 Å². The average Bonchev–Trinajstić information content (AvgIpc) is 2.97. The number of anilines is 1. The lowest BCUT2D eigenvalue weighted by Gasteiger charge is -2.36. The number of hydrogen-bond acceptors (Lipinski definition) is 3. The van der Waals surface area contributed by atoms with Crippen molar-refractivity contribution in [3.8, 4) is 5.75 Å². The van der Waals surface area contributed by atoms with Gasteiger partial charge in [0, 0.05) is 18.1 Å². The van der Waals surface area contributed by atoms with Crippen LogP contribution in [0.15, 0.2) is 48.5 Å². The van der Waals surface area contributed by atoms with Crippen molar-refractivity contribution in [2.75, 3.05) is 11.9 Å². The lowest BCUT2D eigenvalue weighted by atomic mass is 9.81. The molecule has 0 bridgehead atoms. The molecule has 2 aromatic carbocycles. The van der Waals surface area contributed by atoms with Gasteiger partial charge in [-0.05, 0) is 18.1 Å². The molecule has 20 heavy (non-hydrogen) atoms. The second-order valence-electron chi connectivity index (χ2n) is 5.52. The van der Waals surface area contributed by atoms with E-state index in [0.717, 1.165) is 24.3 Å². The minimum Gasteiger partial charge on any atom is -0.506 e. The van der Waals surface area contributed by atoms with E-state index >= 15 is 0 Å². The summed E-state index contributed by atoms with van der Waals surface area (Å²) in [7, 11) is 0. The van der Waals surface area contributed by atoms with Gasteiger partial charge in [-0.3, -0.25) is 0 Å². The van der Waals surface area contributed by atoms with Gasteiger partial charge in [0.25, 0.3) is 0 Å². The zero-order valence-corrected chi connectivity index (χ0v) is 11.1. The van der Waals surface area contributed by atoms with Crippen LogP contribution in [-0.4, -0.2) is 11.7 Å². The Morgan fingerprint density at radius 2 is 1.90 bits per heavy atom. The highest BCUT2D eigenvalue weighted by Crippen LogP contribution is 2.51. The molecule has 2 N–H and O–H groups in total. The van der Waals surface area contributed by atoms with Gasteiger partial charge in [-0.15, -0.1) is 0 Å². The minimum atomic E-state index is 0.0866. The number of phenols is 1. The molecule has 102 valence electrons. The predicted molar refractivity (Wildman–Crippen MR) is 77.7 cm³/mol. The summed E-state index contributed by atoms with van der Waals surface area (Å²) in [5.74, 6) is 0.726. The molecule has 4 rings (SSSR count). The number of hydrogen-bond donors (Lipinski definition) is 2. The molecule has 0 amide bonds. The van der Waals surface area contributed by atoms with Crippen LogP contribution in [0.25, 0.3) is 0 Å². The number of benzene rings is 2. The molecule has 0 aromatic heterocycles. The lowest BCUT2D eigenvalue weighted by Crippen LogP contribution is -2.29. The highest BCUT2D eigenvalue weighted by atomic mass is 16.5.